The lowest BCUT2D eigenvalue weighted by Gasteiger charge is -2.03. The largest absolute Gasteiger partial charge is 0.298 e. The lowest BCUT2D eigenvalue weighted by atomic mass is 10.2. The number of fused-ring (bicyclic) bond motifs is 1. The number of amides is 1. The van der Waals surface area contributed by atoms with Crippen molar-refractivity contribution < 1.29 is 4.79 Å². The predicted molar refractivity (Wildman–Crippen MR) is 95.8 cm³/mol. The van der Waals surface area contributed by atoms with Crippen LogP contribution in [0, 0.1) is 0 Å². The number of aromatic nitrogens is 1. The first-order chi connectivity index (χ1) is 10.6. The van der Waals surface area contributed by atoms with Gasteiger partial charge < -0.3 is 0 Å². The summed E-state index contributed by atoms with van der Waals surface area (Å²) in [5.41, 5.74) is 1.19. The normalized spacial score (nSPS) is 10.9. The lowest BCUT2D eigenvalue weighted by Crippen LogP contribution is -2.11. The predicted octanol–water partition coefficient (Wildman–Crippen LogP) is 5.58. The number of rotatable bonds is 3. The average Bonchev–Trinajstić information content (AvgIpc) is 2.96. The Hall–Kier alpha value is -1.27. The Bertz CT molecular complexity index is 825. The molecule has 0 saturated carbocycles. The van der Waals surface area contributed by atoms with E-state index in [2.05, 4.69) is 10.3 Å². The van der Waals surface area contributed by atoms with Crippen molar-refractivity contribution in [2.75, 3.05) is 11.6 Å². The van der Waals surface area contributed by atoms with Gasteiger partial charge in [0.05, 0.1) is 14.7 Å². The van der Waals surface area contributed by atoms with Crippen molar-refractivity contribution in [1.29, 1.82) is 0 Å². The Morgan fingerprint density at radius 3 is 2.73 bits per heavy atom. The van der Waals surface area contributed by atoms with E-state index in [4.69, 9.17) is 23.2 Å². The fourth-order valence-electron chi connectivity index (χ4n) is 1.93. The van der Waals surface area contributed by atoms with E-state index in [9.17, 15) is 4.79 Å². The van der Waals surface area contributed by atoms with Crippen molar-refractivity contribution >= 4 is 67.6 Å². The molecule has 1 heterocycles. The first-order valence-corrected chi connectivity index (χ1v) is 9.08. The van der Waals surface area contributed by atoms with E-state index in [1.165, 1.54) is 11.3 Å². The molecule has 3 rings (SSSR count). The number of carbonyl (C=O) groups is 1. The molecule has 0 aliphatic heterocycles. The van der Waals surface area contributed by atoms with Crippen LogP contribution in [-0.4, -0.2) is 17.1 Å². The molecular weight excluding hydrogens is 359 g/mol. The van der Waals surface area contributed by atoms with Crippen LogP contribution < -0.4 is 5.32 Å². The van der Waals surface area contributed by atoms with Crippen LogP contribution in [-0.2, 0) is 0 Å². The zero-order valence-electron chi connectivity index (χ0n) is 11.4. The summed E-state index contributed by atoms with van der Waals surface area (Å²) in [5.74, 6) is -0.206. The molecule has 0 aliphatic carbocycles. The summed E-state index contributed by atoms with van der Waals surface area (Å²) in [4.78, 5) is 17.7. The summed E-state index contributed by atoms with van der Waals surface area (Å²) in [7, 11) is 0. The average molecular weight is 369 g/mol. The molecule has 2 aromatic carbocycles. The maximum absolute atomic E-state index is 12.3. The molecule has 0 bridgehead atoms. The second-order valence-corrected chi connectivity index (χ2v) is 7.11. The van der Waals surface area contributed by atoms with Crippen molar-refractivity contribution in [3.63, 3.8) is 0 Å². The molecule has 1 aromatic heterocycles. The minimum Gasteiger partial charge on any atom is -0.298 e. The number of benzene rings is 2. The number of nitrogens with zero attached hydrogens (tertiary/aromatic N) is 1. The topological polar surface area (TPSA) is 42.0 Å². The van der Waals surface area contributed by atoms with E-state index in [0.717, 1.165) is 9.60 Å². The summed E-state index contributed by atoms with van der Waals surface area (Å²) in [6, 6.07) is 10.8. The molecule has 0 unspecified atom stereocenters. The molecule has 0 spiro atoms. The van der Waals surface area contributed by atoms with Crippen molar-refractivity contribution in [3.05, 3.63) is 52.0 Å². The fraction of sp³-hybridized carbons (Fsp3) is 0.0667. The van der Waals surface area contributed by atoms with Gasteiger partial charge in [-0.3, -0.25) is 10.1 Å². The molecule has 7 heteroatoms. The molecule has 3 nitrogen and oxygen atoms in total. The number of halogens is 2. The van der Waals surface area contributed by atoms with Gasteiger partial charge in [-0.05, 0) is 36.6 Å². The third-order valence-electron chi connectivity index (χ3n) is 3.00. The number of thiazole rings is 1. The second kappa shape index (κ2) is 6.46. The van der Waals surface area contributed by atoms with Gasteiger partial charge in [-0.2, -0.15) is 0 Å². The highest BCUT2D eigenvalue weighted by atomic mass is 35.5. The maximum atomic E-state index is 12.3. The number of anilines is 1. The Morgan fingerprint density at radius 2 is 2.00 bits per heavy atom. The van der Waals surface area contributed by atoms with E-state index >= 15 is 0 Å². The summed E-state index contributed by atoms with van der Waals surface area (Å²) in [6.07, 6.45) is 1.97. The molecule has 0 saturated heterocycles. The monoisotopic (exact) mass is 368 g/mol. The Kier molecular flexibility index (Phi) is 4.59. The molecule has 0 aliphatic rings. The number of carbonyl (C=O) groups excluding carboxylic acids is 1. The number of nitrogens with one attached hydrogen (secondary N) is 1. The zero-order chi connectivity index (χ0) is 15.7. The molecule has 0 radical (unpaired) electrons. The van der Waals surface area contributed by atoms with Crippen molar-refractivity contribution in [3.8, 4) is 0 Å². The van der Waals surface area contributed by atoms with E-state index in [1.807, 2.05) is 24.5 Å². The molecule has 1 amide bonds. The quantitative estimate of drug-likeness (QED) is 0.613. The van der Waals surface area contributed by atoms with E-state index in [0.29, 0.717) is 26.3 Å². The van der Waals surface area contributed by atoms with Crippen LogP contribution in [0.5, 0.6) is 0 Å². The van der Waals surface area contributed by atoms with Gasteiger partial charge in [-0.15, -0.1) is 11.8 Å². The molecule has 1 N–H and O–H groups in total. The number of hydrogen-bond acceptors (Lipinski definition) is 4. The Balaban J connectivity index is 1.91. The molecule has 22 heavy (non-hydrogen) atoms. The fourth-order valence-corrected chi connectivity index (χ4v) is 3.81. The summed E-state index contributed by atoms with van der Waals surface area (Å²) < 4.78 is 0.766. The SMILES string of the molecule is CSc1cccc(C(=O)Nc2nc3c(Cl)ccc(Cl)c3s2)c1. The van der Waals surface area contributed by atoms with E-state index in [-0.39, 0.29) is 5.91 Å². The third-order valence-corrected chi connectivity index (χ3v) is 5.46. The highest BCUT2D eigenvalue weighted by Gasteiger charge is 2.13. The van der Waals surface area contributed by atoms with E-state index < -0.39 is 0 Å². The minimum atomic E-state index is -0.206. The van der Waals surface area contributed by atoms with Crippen LogP contribution in [0.4, 0.5) is 5.13 Å². The van der Waals surface area contributed by atoms with Crippen molar-refractivity contribution in [2.24, 2.45) is 0 Å². The standard InChI is InChI=1S/C15H10Cl2N2OS2/c1-21-9-4-2-3-8(7-9)14(20)19-15-18-12-10(16)5-6-11(17)13(12)22-15/h2-7H,1H3,(H,18,19,20). The Morgan fingerprint density at radius 1 is 1.23 bits per heavy atom. The van der Waals surface area contributed by atoms with Crippen LogP contribution >= 0.6 is 46.3 Å². The van der Waals surface area contributed by atoms with Crippen molar-refractivity contribution in [1.82, 2.24) is 4.98 Å². The summed E-state index contributed by atoms with van der Waals surface area (Å²) in [5, 5.41) is 4.36. The summed E-state index contributed by atoms with van der Waals surface area (Å²) in [6.45, 7) is 0. The second-order valence-electron chi connectivity index (χ2n) is 4.41. The molecule has 112 valence electrons. The molecular formula is C15H10Cl2N2OS2. The first-order valence-electron chi connectivity index (χ1n) is 6.28. The maximum Gasteiger partial charge on any atom is 0.257 e. The van der Waals surface area contributed by atoms with Gasteiger partial charge in [0.25, 0.3) is 5.91 Å². The van der Waals surface area contributed by atoms with Crippen LogP contribution in [0.25, 0.3) is 10.2 Å². The molecule has 0 atom stereocenters. The van der Waals surface area contributed by atoms with Crippen LogP contribution in [0.3, 0.4) is 0 Å². The van der Waals surface area contributed by atoms with Crippen molar-refractivity contribution in [2.45, 2.75) is 4.90 Å². The van der Waals surface area contributed by atoms with Gasteiger partial charge in [0.2, 0.25) is 0 Å². The lowest BCUT2D eigenvalue weighted by molar-refractivity contribution is 0.102. The highest BCUT2D eigenvalue weighted by molar-refractivity contribution is 7.98. The molecule has 3 aromatic rings. The third kappa shape index (κ3) is 3.08. The smallest absolute Gasteiger partial charge is 0.257 e. The number of thioether (sulfide) groups is 1. The summed E-state index contributed by atoms with van der Waals surface area (Å²) >= 11 is 15.1. The van der Waals surface area contributed by atoms with Gasteiger partial charge >= 0.3 is 0 Å². The first kappa shape index (κ1) is 15.6. The Labute approximate surface area is 145 Å². The van der Waals surface area contributed by atoms with Crippen LogP contribution in [0.2, 0.25) is 10.0 Å². The minimum absolute atomic E-state index is 0.206. The van der Waals surface area contributed by atoms with Gasteiger partial charge in [0, 0.05) is 10.5 Å². The van der Waals surface area contributed by atoms with Crippen LogP contribution in [0.15, 0.2) is 41.3 Å². The van der Waals surface area contributed by atoms with Gasteiger partial charge in [0.1, 0.15) is 5.52 Å². The van der Waals surface area contributed by atoms with Gasteiger partial charge in [0.15, 0.2) is 5.13 Å². The van der Waals surface area contributed by atoms with Gasteiger partial charge in [-0.1, -0.05) is 40.6 Å². The molecule has 0 fully saturated rings. The zero-order valence-corrected chi connectivity index (χ0v) is 14.5. The van der Waals surface area contributed by atoms with Crippen LogP contribution in [0.1, 0.15) is 10.4 Å². The van der Waals surface area contributed by atoms with E-state index in [1.54, 1.807) is 30.0 Å². The van der Waals surface area contributed by atoms with Gasteiger partial charge in [-0.25, -0.2) is 4.98 Å². The number of hydrogen-bond donors (Lipinski definition) is 1. The highest BCUT2D eigenvalue weighted by Crippen LogP contribution is 2.36.